The van der Waals surface area contributed by atoms with Gasteiger partial charge in [0.2, 0.25) is 0 Å². The van der Waals surface area contributed by atoms with Crippen molar-refractivity contribution in [1.82, 2.24) is 4.90 Å². The molecule has 0 saturated carbocycles. The van der Waals surface area contributed by atoms with Crippen LogP contribution in [0.5, 0.6) is 0 Å². The molecule has 0 bridgehead atoms. The van der Waals surface area contributed by atoms with Crippen molar-refractivity contribution in [3.8, 4) is 0 Å². The Morgan fingerprint density at radius 2 is 1.90 bits per heavy atom. The smallest absolute Gasteiger partial charge is 0.0630 e. The Hall–Kier alpha value is 0.650. The number of hydrogen-bond donors (Lipinski definition) is 1. The van der Waals surface area contributed by atoms with E-state index in [-0.39, 0.29) is 0 Å². The summed E-state index contributed by atoms with van der Waals surface area (Å²) >= 11 is 2.45. The van der Waals surface area contributed by atoms with Gasteiger partial charge in [0.05, 0.1) is 4.05 Å². The van der Waals surface area contributed by atoms with Crippen molar-refractivity contribution in [3.05, 3.63) is 0 Å². The van der Waals surface area contributed by atoms with Gasteiger partial charge in [0, 0.05) is 0 Å². The van der Waals surface area contributed by atoms with Gasteiger partial charge in [0.1, 0.15) is 0 Å². The number of nitrogens with two attached hydrogens (primary N) is 1. The summed E-state index contributed by atoms with van der Waals surface area (Å²) in [6.45, 7) is 7.43. The molecule has 0 heterocycles. The standard InChI is InChI=1S/C7H17IN2/c1-3-10(4-2)7(8)5-6-9/h7H,3-6,9H2,1-2H3. The van der Waals surface area contributed by atoms with Crippen LogP contribution in [0.4, 0.5) is 0 Å². The maximum absolute atomic E-state index is 5.45. The highest BCUT2D eigenvalue weighted by molar-refractivity contribution is 14.1. The first-order valence-corrected chi connectivity index (χ1v) is 5.09. The summed E-state index contributed by atoms with van der Waals surface area (Å²) in [6.07, 6.45) is 1.10. The van der Waals surface area contributed by atoms with Gasteiger partial charge in [-0.3, -0.25) is 4.90 Å². The molecule has 10 heavy (non-hydrogen) atoms. The molecule has 0 aromatic rings. The first-order valence-electron chi connectivity index (χ1n) is 3.84. The Kier molecular flexibility index (Phi) is 6.78. The summed E-state index contributed by atoms with van der Waals surface area (Å²) in [4.78, 5) is 2.41. The molecule has 0 aliphatic heterocycles. The third-order valence-electron chi connectivity index (χ3n) is 1.61. The fourth-order valence-electron chi connectivity index (χ4n) is 0.940. The minimum atomic E-state index is 0.623. The number of nitrogens with zero attached hydrogens (tertiary/aromatic N) is 1. The summed E-state index contributed by atoms with van der Waals surface area (Å²) in [6, 6.07) is 0. The first-order chi connectivity index (χ1) is 4.76. The zero-order chi connectivity index (χ0) is 7.98. The Balaban J connectivity index is 3.53. The second-order valence-corrected chi connectivity index (χ2v) is 3.67. The summed E-state index contributed by atoms with van der Waals surface area (Å²) in [7, 11) is 0. The van der Waals surface area contributed by atoms with Gasteiger partial charge in [-0.05, 0) is 26.1 Å². The van der Waals surface area contributed by atoms with Gasteiger partial charge in [-0.25, -0.2) is 0 Å². The van der Waals surface area contributed by atoms with Crippen LogP contribution in [0, 0.1) is 0 Å². The summed E-state index contributed by atoms with van der Waals surface area (Å²) in [5.41, 5.74) is 5.45. The van der Waals surface area contributed by atoms with Crippen LogP contribution in [0.3, 0.4) is 0 Å². The average Bonchev–Trinajstić information content (AvgIpc) is 1.91. The van der Waals surface area contributed by atoms with E-state index in [9.17, 15) is 0 Å². The SMILES string of the molecule is CCN(CC)C(I)CCN. The van der Waals surface area contributed by atoms with E-state index in [1.54, 1.807) is 0 Å². The molecule has 0 aliphatic carbocycles. The molecule has 2 nitrogen and oxygen atoms in total. The van der Waals surface area contributed by atoms with E-state index in [1.165, 1.54) is 0 Å². The predicted octanol–water partition coefficient (Wildman–Crippen LogP) is 1.44. The molecule has 0 fully saturated rings. The lowest BCUT2D eigenvalue weighted by Crippen LogP contribution is -2.31. The monoisotopic (exact) mass is 256 g/mol. The summed E-state index contributed by atoms with van der Waals surface area (Å²) < 4.78 is 0.623. The Morgan fingerprint density at radius 1 is 1.40 bits per heavy atom. The molecular weight excluding hydrogens is 239 g/mol. The van der Waals surface area contributed by atoms with Gasteiger partial charge in [-0.15, -0.1) is 0 Å². The van der Waals surface area contributed by atoms with Gasteiger partial charge in [-0.1, -0.05) is 36.4 Å². The normalized spacial score (nSPS) is 14.1. The lowest BCUT2D eigenvalue weighted by atomic mass is 10.4. The molecule has 3 heteroatoms. The topological polar surface area (TPSA) is 29.3 Å². The molecule has 0 amide bonds. The summed E-state index contributed by atoms with van der Waals surface area (Å²) in [5, 5.41) is 0. The van der Waals surface area contributed by atoms with E-state index in [4.69, 9.17) is 5.73 Å². The summed E-state index contributed by atoms with van der Waals surface area (Å²) in [5.74, 6) is 0. The van der Waals surface area contributed by atoms with Gasteiger partial charge in [-0.2, -0.15) is 0 Å². The van der Waals surface area contributed by atoms with Crippen molar-refractivity contribution >= 4 is 22.6 Å². The highest BCUT2D eigenvalue weighted by atomic mass is 127. The van der Waals surface area contributed by atoms with E-state index in [0.717, 1.165) is 26.1 Å². The Labute approximate surface area is 77.3 Å². The molecular formula is C7H17IN2. The lowest BCUT2D eigenvalue weighted by Gasteiger charge is -2.23. The van der Waals surface area contributed by atoms with Gasteiger partial charge in [0.25, 0.3) is 0 Å². The van der Waals surface area contributed by atoms with Crippen LogP contribution in [-0.2, 0) is 0 Å². The van der Waals surface area contributed by atoms with Gasteiger partial charge >= 0.3 is 0 Å². The second-order valence-electron chi connectivity index (χ2n) is 2.23. The van der Waals surface area contributed by atoms with Crippen LogP contribution in [0.1, 0.15) is 20.3 Å². The number of alkyl halides is 1. The second kappa shape index (κ2) is 6.37. The van der Waals surface area contributed by atoms with E-state index in [0.29, 0.717) is 4.05 Å². The highest BCUT2D eigenvalue weighted by Crippen LogP contribution is 2.10. The molecule has 62 valence electrons. The zero-order valence-electron chi connectivity index (χ0n) is 6.81. The number of rotatable bonds is 5. The predicted molar refractivity (Wildman–Crippen MR) is 54.4 cm³/mol. The molecule has 0 aromatic carbocycles. The molecule has 0 spiro atoms. The number of halogens is 1. The zero-order valence-corrected chi connectivity index (χ0v) is 8.97. The van der Waals surface area contributed by atoms with Crippen LogP contribution in [-0.4, -0.2) is 28.6 Å². The van der Waals surface area contributed by atoms with Crippen molar-refractivity contribution in [1.29, 1.82) is 0 Å². The fourth-order valence-corrected chi connectivity index (χ4v) is 2.09. The van der Waals surface area contributed by atoms with Crippen LogP contribution in [0.2, 0.25) is 0 Å². The van der Waals surface area contributed by atoms with E-state index in [1.807, 2.05) is 0 Å². The third-order valence-corrected chi connectivity index (χ3v) is 3.02. The lowest BCUT2D eigenvalue weighted by molar-refractivity contribution is 0.288. The van der Waals surface area contributed by atoms with Crippen LogP contribution < -0.4 is 5.73 Å². The molecule has 0 radical (unpaired) electrons. The van der Waals surface area contributed by atoms with Crippen LogP contribution in [0.15, 0.2) is 0 Å². The number of hydrogen-bond acceptors (Lipinski definition) is 2. The van der Waals surface area contributed by atoms with Crippen molar-refractivity contribution in [3.63, 3.8) is 0 Å². The quantitative estimate of drug-likeness (QED) is 0.458. The highest BCUT2D eigenvalue weighted by Gasteiger charge is 2.08. The molecule has 0 saturated heterocycles. The molecule has 1 atom stereocenters. The van der Waals surface area contributed by atoms with Crippen molar-refractivity contribution in [2.45, 2.75) is 24.3 Å². The van der Waals surface area contributed by atoms with Crippen LogP contribution >= 0.6 is 22.6 Å². The Bertz CT molecular complexity index is 74.0. The minimum Gasteiger partial charge on any atom is -0.330 e. The molecule has 1 unspecified atom stereocenters. The minimum absolute atomic E-state index is 0.623. The van der Waals surface area contributed by atoms with Crippen molar-refractivity contribution in [2.75, 3.05) is 19.6 Å². The molecule has 0 rings (SSSR count). The van der Waals surface area contributed by atoms with Gasteiger partial charge < -0.3 is 5.73 Å². The van der Waals surface area contributed by atoms with E-state index in [2.05, 4.69) is 41.3 Å². The van der Waals surface area contributed by atoms with E-state index >= 15 is 0 Å². The van der Waals surface area contributed by atoms with Crippen LogP contribution in [0.25, 0.3) is 0 Å². The Morgan fingerprint density at radius 3 is 2.20 bits per heavy atom. The average molecular weight is 256 g/mol. The van der Waals surface area contributed by atoms with Gasteiger partial charge in [0.15, 0.2) is 0 Å². The van der Waals surface area contributed by atoms with Crippen molar-refractivity contribution < 1.29 is 0 Å². The fraction of sp³-hybridized carbons (Fsp3) is 1.00. The largest absolute Gasteiger partial charge is 0.330 e. The van der Waals surface area contributed by atoms with E-state index < -0.39 is 0 Å². The molecule has 0 aromatic heterocycles. The molecule has 2 N–H and O–H groups in total. The third kappa shape index (κ3) is 3.73. The molecule has 0 aliphatic rings. The van der Waals surface area contributed by atoms with Crippen molar-refractivity contribution in [2.24, 2.45) is 5.73 Å². The maximum Gasteiger partial charge on any atom is 0.0630 e. The maximum atomic E-state index is 5.45. The first kappa shape index (κ1) is 10.7.